The molecule has 2 aliphatic heterocycles. The fourth-order valence-corrected chi connectivity index (χ4v) is 3.68. The van der Waals surface area contributed by atoms with Crippen molar-refractivity contribution in [2.24, 2.45) is 11.3 Å². The summed E-state index contributed by atoms with van der Waals surface area (Å²) in [6, 6.07) is 0. The maximum Gasteiger partial charge on any atom is 0.222 e. The van der Waals surface area contributed by atoms with Gasteiger partial charge in [-0.05, 0) is 50.1 Å². The summed E-state index contributed by atoms with van der Waals surface area (Å²) in [7, 11) is 0. The van der Waals surface area contributed by atoms with Crippen LogP contribution in [0.5, 0.6) is 0 Å². The first kappa shape index (κ1) is 18.5. The predicted octanol–water partition coefficient (Wildman–Crippen LogP) is 3.78. The van der Waals surface area contributed by atoms with Gasteiger partial charge in [0.1, 0.15) is 0 Å². The van der Waals surface area contributed by atoms with Crippen LogP contribution in [0.25, 0.3) is 0 Å². The molecule has 2 heterocycles. The molecule has 0 bridgehead atoms. The van der Waals surface area contributed by atoms with Crippen molar-refractivity contribution in [3.8, 4) is 0 Å². The lowest BCUT2D eigenvalue weighted by molar-refractivity contribution is -0.133. The molecular formula is C18H36N2O. The van der Waals surface area contributed by atoms with Crippen LogP contribution in [0.2, 0.25) is 0 Å². The van der Waals surface area contributed by atoms with Gasteiger partial charge in [0, 0.05) is 26.1 Å². The summed E-state index contributed by atoms with van der Waals surface area (Å²) in [5.74, 6) is 1.12. The number of carbonyl (C=O) groups is 1. The summed E-state index contributed by atoms with van der Waals surface area (Å²) >= 11 is 0. The minimum atomic E-state index is 0.340. The summed E-state index contributed by atoms with van der Waals surface area (Å²) < 4.78 is 0. The molecule has 21 heavy (non-hydrogen) atoms. The van der Waals surface area contributed by atoms with E-state index in [9.17, 15) is 4.79 Å². The highest BCUT2D eigenvalue weighted by Crippen LogP contribution is 2.41. The predicted molar refractivity (Wildman–Crippen MR) is 90.4 cm³/mol. The maximum absolute atomic E-state index is 11.7. The Balaban J connectivity index is 0.00000106. The van der Waals surface area contributed by atoms with Crippen molar-refractivity contribution in [3.05, 3.63) is 0 Å². The molecule has 0 aromatic rings. The van der Waals surface area contributed by atoms with E-state index in [-0.39, 0.29) is 0 Å². The first-order valence-electron chi connectivity index (χ1n) is 9.05. The molecule has 124 valence electrons. The van der Waals surface area contributed by atoms with Crippen molar-refractivity contribution in [3.63, 3.8) is 0 Å². The molecule has 0 unspecified atom stereocenters. The fraction of sp³-hybridized carbons (Fsp3) is 0.944. The highest BCUT2D eigenvalue weighted by atomic mass is 16.2. The van der Waals surface area contributed by atoms with Crippen molar-refractivity contribution in [1.29, 1.82) is 0 Å². The molecule has 2 saturated heterocycles. The van der Waals surface area contributed by atoms with Crippen LogP contribution in [0.4, 0.5) is 0 Å². The normalized spacial score (nSPS) is 22.1. The van der Waals surface area contributed by atoms with Gasteiger partial charge in [-0.25, -0.2) is 0 Å². The lowest BCUT2D eigenvalue weighted by Crippen LogP contribution is -2.48. The number of hydrogen-bond acceptors (Lipinski definition) is 2. The Hall–Kier alpha value is -0.570. The number of amides is 1. The van der Waals surface area contributed by atoms with Gasteiger partial charge in [0.15, 0.2) is 0 Å². The molecule has 0 aromatic heterocycles. The van der Waals surface area contributed by atoms with Crippen molar-refractivity contribution in [2.45, 2.75) is 66.7 Å². The van der Waals surface area contributed by atoms with Crippen molar-refractivity contribution in [2.75, 3.05) is 32.7 Å². The Kier molecular flexibility index (Phi) is 7.72. The van der Waals surface area contributed by atoms with E-state index in [1.807, 2.05) is 20.8 Å². The maximum atomic E-state index is 11.7. The number of rotatable bonds is 3. The highest BCUT2D eigenvalue weighted by molar-refractivity contribution is 5.75. The molecule has 2 rings (SSSR count). The molecule has 0 N–H and O–H groups in total. The zero-order valence-electron chi connectivity index (χ0n) is 15.0. The number of carbonyl (C=O) groups excluding carboxylic acids is 1. The van der Waals surface area contributed by atoms with Crippen molar-refractivity contribution >= 4 is 5.91 Å². The summed E-state index contributed by atoms with van der Waals surface area (Å²) in [5, 5.41) is 0. The van der Waals surface area contributed by atoms with Crippen LogP contribution < -0.4 is 0 Å². The van der Waals surface area contributed by atoms with Crippen LogP contribution in [0.3, 0.4) is 0 Å². The van der Waals surface area contributed by atoms with E-state index < -0.39 is 0 Å². The van der Waals surface area contributed by atoms with Crippen LogP contribution in [0, 0.1) is 11.3 Å². The molecule has 0 aromatic carbocycles. The Labute approximate surface area is 132 Å². The second-order valence-electron chi connectivity index (χ2n) is 6.93. The SMILES string of the molecule is CC.CCC(=O)N1CCC2(CCN(CC(C)C)CC2)CC1. The van der Waals surface area contributed by atoms with Crippen LogP contribution in [-0.4, -0.2) is 48.4 Å². The van der Waals surface area contributed by atoms with Gasteiger partial charge in [0.25, 0.3) is 0 Å². The number of hydrogen-bond donors (Lipinski definition) is 0. The number of likely N-dealkylation sites (tertiary alicyclic amines) is 2. The zero-order chi connectivity index (χ0) is 15.9. The Morgan fingerprint density at radius 2 is 1.48 bits per heavy atom. The van der Waals surface area contributed by atoms with Gasteiger partial charge in [0.2, 0.25) is 5.91 Å². The van der Waals surface area contributed by atoms with Gasteiger partial charge < -0.3 is 9.80 Å². The summed E-state index contributed by atoms with van der Waals surface area (Å²) in [6.07, 6.45) is 5.80. The first-order valence-corrected chi connectivity index (χ1v) is 9.05. The van der Waals surface area contributed by atoms with Crippen LogP contribution in [-0.2, 0) is 4.79 Å². The Morgan fingerprint density at radius 1 is 1.00 bits per heavy atom. The van der Waals surface area contributed by atoms with E-state index in [0.29, 0.717) is 17.7 Å². The Bertz CT molecular complexity index is 296. The lowest BCUT2D eigenvalue weighted by atomic mass is 9.71. The molecule has 1 spiro atoms. The molecule has 3 nitrogen and oxygen atoms in total. The van der Waals surface area contributed by atoms with Gasteiger partial charge >= 0.3 is 0 Å². The molecule has 3 heteroatoms. The molecule has 1 amide bonds. The quantitative estimate of drug-likeness (QED) is 0.791. The van der Waals surface area contributed by atoms with Gasteiger partial charge in [-0.2, -0.15) is 0 Å². The average Bonchev–Trinajstić information content (AvgIpc) is 2.51. The molecule has 2 aliphatic rings. The molecular weight excluding hydrogens is 260 g/mol. The highest BCUT2D eigenvalue weighted by Gasteiger charge is 2.38. The van der Waals surface area contributed by atoms with Crippen molar-refractivity contribution in [1.82, 2.24) is 9.80 Å². The lowest BCUT2D eigenvalue weighted by Gasteiger charge is -2.47. The van der Waals surface area contributed by atoms with Gasteiger partial charge in [0.05, 0.1) is 0 Å². The topological polar surface area (TPSA) is 23.6 Å². The van der Waals surface area contributed by atoms with E-state index in [4.69, 9.17) is 0 Å². The van der Waals surface area contributed by atoms with Gasteiger partial charge in [-0.3, -0.25) is 4.79 Å². The monoisotopic (exact) mass is 296 g/mol. The third-order valence-corrected chi connectivity index (χ3v) is 5.02. The summed E-state index contributed by atoms with van der Waals surface area (Å²) in [5.41, 5.74) is 0.554. The molecule has 0 radical (unpaired) electrons. The van der Waals surface area contributed by atoms with Gasteiger partial charge in [-0.1, -0.05) is 34.6 Å². The molecule has 2 fully saturated rings. The third-order valence-electron chi connectivity index (χ3n) is 5.02. The molecule has 0 atom stereocenters. The smallest absolute Gasteiger partial charge is 0.222 e. The van der Waals surface area contributed by atoms with Crippen LogP contribution in [0.1, 0.15) is 66.7 Å². The summed E-state index contributed by atoms with van der Waals surface area (Å²) in [4.78, 5) is 16.4. The second-order valence-corrected chi connectivity index (χ2v) is 6.93. The van der Waals surface area contributed by atoms with E-state index in [2.05, 4.69) is 23.6 Å². The zero-order valence-corrected chi connectivity index (χ0v) is 15.0. The molecule has 0 aliphatic carbocycles. The Morgan fingerprint density at radius 3 is 1.90 bits per heavy atom. The third kappa shape index (κ3) is 5.28. The van der Waals surface area contributed by atoms with E-state index in [0.717, 1.165) is 19.0 Å². The van der Waals surface area contributed by atoms with E-state index in [1.54, 1.807) is 0 Å². The number of nitrogens with zero attached hydrogens (tertiary/aromatic N) is 2. The minimum Gasteiger partial charge on any atom is -0.343 e. The first-order chi connectivity index (χ1) is 10.0. The largest absolute Gasteiger partial charge is 0.343 e. The van der Waals surface area contributed by atoms with E-state index >= 15 is 0 Å². The average molecular weight is 296 g/mol. The molecule has 0 saturated carbocycles. The fourth-order valence-electron chi connectivity index (χ4n) is 3.68. The van der Waals surface area contributed by atoms with Crippen molar-refractivity contribution < 1.29 is 4.79 Å². The number of piperidine rings is 2. The minimum absolute atomic E-state index is 0.340. The second kappa shape index (κ2) is 8.77. The van der Waals surface area contributed by atoms with Crippen LogP contribution in [0.15, 0.2) is 0 Å². The standard InChI is InChI=1S/C16H30N2O.C2H6/c1-4-15(19)18-11-7-16(8-12-18)5-9-17(10-6-16)13-14(2)3;1-2/h14H,4-13H2,1-3H3;1-2H3. The van der Waals surface area contributed by atoms with Gasteiger partial charge in [-0.15, -0.1) is 0 Å². The summed E-state index contributed by atoms with van der Waals surface area (Å²) in [6.45, 7) is 16.3. The van der Waals surface area contributed by atoms with Crippen LogP contribution >= 0.6 is 0 Å². The van der Waals surface area contributed by atoms with E-state index in [1.165, 1.54) is 45.3 Å².